The van der Waals surface area contributed by atoms with Crippen molar-refractivity contribution in [3.05, 3.63) is 29.8 Å². The van der Waals surface area contributed by atoms with Gasteiger partial charge in [0.15, 0.2) is 0 Å². The van der Waals surface area contributed by atoms with Gasteiger partial charge in [0.05, 0.1) is 14.2 Å². The molecule has 1 aromatic carbocycles. The summed E-state index contributed by atoms with van der Waals surface area (Å²) in [5, 5.41) is 0. The number of unbranched alkanes of at least 4 members (excludes halogenated alkanes) is 6. The van der Waals surface area contributed by atoms with Crippen LogP contribution in [0.3, 0.4) is 0 Å². The van der Waals surface area contributed by atoms with E-state index in [0.29, 0.717) is 30.2 Å². The summed E-state index contributed by atoms with van der Waals surface area (Å²) in [6, 6.07) is 4.11. The fourth-order valence-corrected chi connectivity index (χ4v) is 4.24. The van der Waals surface area contributed by atoms with Crippen LogP contribution in [0.4, 0.5) is 0 Å². The van der Waals surface area contributed by atoms with Gasteiger partial charge in [-0.1, -0.05) is 52.4 Å². The van der Waals surface area contributed by atoms with Gasteiger partial charge in [-0.2, -0.15) is 0 Å². The molecule has 2 N–H and O–H groups in total. The van der Waals surface area contributed by atoms with Gasteiger partial charge in [0.2, 0.25) is 6.04 Å². The van der Waals surface area contributed by atoms with Gasteiger partial charge in [-0.3, -0.25) is 4.90 Å². The molecule has 0 unspecified atom stereocenters. The second kappa shape index (κ2) is 14.0. The van der Waals surface area contributed by atoms with Gasteiger partial charge in [0.25, 0.3) is 5.79 Å². The average Bonchev–Trinajstić information content (AvgIpc) is 2.82. The highest BCUT2D eigenvalue weighted by molar-refractivity contribution is 6.01. The Balaban J connectivity index is 2.18. The van der Waals surface area contributed by atoms with Crippen molar-refractivity contribution in [3.63, 3.8) is 0 Å². The Morgan fingerprint density at radius 1 is 0.971 bits per heavy atom. The van der Waals surface area contributed by atoms with E-state index in [4.69, 9.17) is 24.7 Å². The van der Waals surface area contributed by atoms with Crippen molar-refractivity contribution in [2.45, 2.75) is 84.0 Å². The van der Waals surface area contributed by atoms with Crippen LogP contribution < -0.4 is 15.2 Å². The van der Waals surface area contributed by atoms with Crippen molar-refractivity contribution < 1.29 is 28.5 Å². The van der Waals surface area contributed by atoms with Crippen LogP contribution in [0.1, 0.15) is 77.7 Å². The minimum absolute atomic E-state index is 0.252. The quantitative estimate of drug-likeness (QED) is 0.215. The molecule has 8 nitrogen and oxygen atoms in total. The summed E-state index contributed by atoms with van der Waals surface area (Å²) in [6.07, 6.45) is 9.86. The molecule has 1 aromatic rings. The smallest absolute Gasteiger partial charge is 0.338 e. The number of rotatable bonds is 15. The molecule has 0 saturated carbocycles. The first kappa shape index (κ1) is 28.5. The molecular weight excluding hydrogens is 448 g/mol. The van der Waals surface area contributed by atoms with E-state index < -0.39 is 23.8 Å². The molecule has 0 aromatic heterocycles. The zero-order valence-electron chi connectivity index (χ0n) is 21.9. The van der Waals surface area contributed by atoms with Gasteiger partial charge in [-0.05, 0) is 38.1 Å². The zero-order chi connectivity index (χ0) is 25.8. The van der Waals surface area contributed by atoms with E-state index >= 15 is 0 Å². The lowest BCUT2D eigenvalue weighted by Crippen LogP contribution is -2.57. The van der Waals surface area contributed by atoms with E-state index in [-0.39, 0.29) is 5.70 Å². The standard InChI is InChI=1S/C27H42N2O6/c1-6-8-10-12-16-29(17-13-11-9-7-2)24-25(30)34-27(3,35-26(24)31)19-22(28)21-15-14-20(32-4)18-23(21)33-5/h14-15,18-19,24H,6-13,16-17,28H2,1-5H3. The van der Waals surface area contributed by atoms with E-state index in [2.05, 4.69) is 13.8 Å². The van der Waals surface area contributed by atoms with E-state index in [1.54, 1.807) is 25.3 Å². The number of cyclic esters (lactones) is 2. The molecular formula is C27H42N2O6. The molecule has 35 heavy (non-hydrogen) atoms. The Labute approximate surface area is 209 Å². The fourth-order valence-electron chi connectivity index (χ4n) is 4.24. The van der Waals surface area contributed by atoms with Crippen LogP contribution in [0.2, 0.25) is 0 Å². The predicted octanol–water partition coefficient (Wildman–Crippen LogP) is 4.65. The first-order valence-corrected chi connectivity index (χ1v) is 12.7. The first-order chi connectivity index (χ1) is 16.8. The summed E-state index contributed by atoms with van der Waals surface area (Å²) in [6.45, 7) is 7.12. The third-order valence-electron chi connectivity index (χ3n) is 6.15. The Morgan fingerprint density at radius 2 is 1.54 bits per heavy atom. The van der Waals surface area contributed by atoms with E-state index in [1.807, 2.05) is 4.90 Å². The Morgan fingerprint density at radius 3 is 2.03 bits per heavy atom. The van der Waals surface area contributed by atoms with Crippen LogP contribution in [0.5, 0.6) is 11.5 Å². The maximum absolute atomic E-state index is 13.1. The second-order valence-corrected chi connectivity index (χ2v) is 9.08. The number of carbonyl (C=O) groups is 2. The molecule has 1 heterocycles. The molecule has 0 radical (unpaired) electrons. The van der Waals surface area contributed by atoms with Gasteiger partial charge in [0.1, 0.15) is 11.5 Å². The van der Waals surface area contributed by atoms with Crippen LogP contribution >= 0.6 is 0 Å². The summed E-state index contributed by atoms with van der Waals surface area (Å²) in [4.78, 5) is 28.1. The van der Waals surface area contributed by atoms with Gasteiger partial charge in [-0.15, -0.1) is 0 Å². The fraction of sp³-hybridized carbons (Fsp3) is 0.630. The van der Waals surface area contributed by atoms with Crippen molar-refractivity contribution in [1.29, 1.82) is 0 Å². The number of methoxy groups -OCH3 is 2. The highest BCUT2D eigenvalue weighted by atomic mass is 16.7. The molecule has 8 heteroatoms. The molecule has 1 aliphatic heterocycles. The van der Waals surface area contributed by atoms with Gasteiger partial charge in [-0.25, -0.2) is 9.59 Å². The van der Waals surface area contributed by atoms with Gasteiger partial charge < -0.3 is 24.7 Å². The number of benzene rings is 1. The normalized spacial score (nSPS) is 20.5. The number of nitrogens with zero attached hydrogens (tertiary/aromatic N) is 1. The summed E-state index contributed by atoms with van der Waals surface area (Å²) < 4.78 is 21.9. The third-order valence-corrected chi connectivity index (χ3v) is 6.15. The second-order valence-electron chi connectivity index (χ2n) is 9.08. The lowest BCUT2D eigenvalue weighted by molar-refractivity contribution is -0.231. The van der Waals surface area contributed by atoms with E-state index in [0.717, 1.165) is 51.4 Å². The molecule has 1 aliphatic rings. The van der Waals surface area contributed by atoms with Crippen molar-refractivity contribution in [2.24, 2.45) is 5.73 Å². The minimum atomic E-state index is -1.62. The lowest BCUT2D eigenvalue weighted by atomic mass is 10.1. The van der Waals surface area contributed by atoms with Crippen LogP contribution in [0.25, 0.3) is 5.70 Å². The first-order valence-electron chi connectivity index (χ1n) is 12.7. The van der Waals surface area contributed by atoms with Crippen molar-refractivity contribution in [2.75, 3.05) is 27.3 Å². The van der Waals surface area contributed by atoms with E-state index in [9.17, 15) is 9.59 Å². The number of ether oxygens (including phenoxy) is 4. The largest absolute Gasteiger partial charge is 0.497 e. The maximum atomic E-state index is 13.1. The number of hydrogen-bond donors (Lipinski definition) is 1. The molecule has 0 atom stereocenters. The van der Waals surface area contributed by atoms with Crippen molar-refractivity contribution >= 4 is 17.6 Å². The number of nitrogens with two attached hydrogens (primary N) is 1. The molecule has 0 spiro atoms. The van der Waals surface area contributed by atoms with Crippen LogP contribution in [-0.2, 0) is 19.1 Å². The van der Waals surface area contributed by atoms with Crippen molar-refractivity contribution in [3.8, 4) is 11.5 Å². The lowest BCUT2D eigenvalue weighted by Gasteiger charge is -2.38. The van der Waals surface area contributed by atoms with Gasteiger partial charge >= 0.3 is 11.9 Å². The van der Waals surface area contributed by atoms with Crippen molar-refractivity contribution in [1.82, 2.24) is 4.90 Å². The van der Waals surface area contributed by atoms with Crippen LogP contribution in [0.15, 0.2) is 24.3 Å². The highest BCUT2D eigenvalue weighted by Crippen LogP contribution is 2.32. The average molecular weight is 491 g/mol. The van der Waals surface area contributed by atoms with Crippen LogP contribution in [-0.4, -0.2) is 56.0 Å². The number of carbonyl (C=O) groups excluding carboxylic acids is 2. The maximum Gasteiger partial charge on any atom is 0.338 e. The minimum Gasteiger partial charge on any atom is -0.497 e. The van der Waals surface area contributed by atoms with Gasteiger partial charge in [0, 0.05) is 30.3 Å². The number of hydrogen-bond acceptors (Lipinski definition) is 8. The Hall–Kier alpha value is -2.74. The Kier molecular flexibility index (Phi) is 11.4. The summed E-state index contributed by atoms with van der Waals surface area (Å²) in [7, 11) is 3.08. The molecule has 0 amide bonds. The topological polar surface area (TPSA) is 100 Å². The monoisotopic (exact) mass is 490 g/mol. The molecule has 1 saturated heterocycles. The zero-order valence-corrected chi connectivity index (χ0v) is 21.9. The summed E-state index contributed by atoms with van der Waals surface area (Å²) >= 11 is 0. The SMILES string of the molecule is CCCCCCN(CCCCCC)C1C(=O)OC(C)(C=C(N)c2ccc(OC)cc2OC)OC1=O. The highest BCUT2D eigenvalue weighted by Gasteiger charge is 2.47. The molecule has 2 rings (SSSR count). The number of esters is 2. The molecule has 0 bridgehead atoms. The predicted molar refractivity (Wildman–Crippen MR) is 136 cm³/mol. The Bertz CT molecular complexity index is 839. The summed E-state index contributed by atoms with van der Waals surface area (Å²) in [5.74, 6) is -1.74. The summed E-state index contributed by atoms with van der Waals surface area (Å²) in [5.41, 5.74) is 7.12. The molecule has 0 aliphatic carbocycles. The third kappa shape index (κ3) is 8.16. The molecule has 196 valence electrons. The van der Waals surface area contributed by atoms with Crippen LogP contribution in [0, 0.1) is 0 Å². The molecule has 1 fully saturated rings. The van der Waals surface area contributed by atoms with E-state index in [1.165, 1.54) is 20.1 Å².